The monoisotopic (exact) mass is 310 g/mol. The van der Waals surface area contributed by atoms with Crippen molar-refractivity contribution in [1.29, 1.82) is 0 Å². The second-order valence-corrected chi connectivity index (χ2v) is 5.35. The van der Waals surface area contributed by atoms with Gasteiger partial charge in [-0.15, -0.1) is 11.8 Å². The molecule has 0 aliphatic heterocycles. The minimum absolute atomic E-state index is 0.548. The number of hydrogen-bond acceptors (Lipinski definition) is 4. The fourth-order valence-electron chi connectivity index (χ4n) is 1.31. The maximum atomic E-state index is 9.96. The summed E-state index contributed by atoms with van der Waals surface area (Å²) < 4.78 is 1.04. The number of halogens is 1. The highest BCUT2D eigenvalue weighted by Crippen LogP contribution is 2.29. The van der Waals surface area contributed by atoms with Crippen LogP contribution in [0.4, 0.5) is 0 Å². The fourth-order valence-corrected chi connectivity index (χ4v) is 2.85. The summed E-state index contributed by atoms with van der Waals surface area (Å²) in [6, 6.07) is 7.95. The van der Waals surface area contributed by atoms with E-state index in [1.54, 1.807) is 24.2 Å². The zero-order chi connectivity index (χ0) is 12.1. The molecule has 0 spiro atoms. The first kappa shape index (κ1) is 12.5. The van der Waals surface area contributed by atoms with Gasteiger partial charge in [0.25, 0.3) is 0 Å². The van der Waals surface area contributed by atoms with Crippen LogP contribution in [0, 0.1) is 0 Å². The van der Waals surface area contributed by atoms with Crippen LogP contribution in [0.1, 0.15) is 11.7 Å². The summed E-state index contributed by atoms with van der Waals surface area (Å²) in [6.07, 6.45) is 4.18. The Morgan fingerprint density at radius 3 is 2.65 bits per heavy atom. The third kappa shape index (κ3) is 3.52. The van der Waals surface area contributed by atoms with Gasteiger partial charge >= 0.3 is 0 Å². The first-order chi connectivity index (χ1) is 8.27. The lowest BCUT2D eigenvalue weighted by Gasteiger charge is -2.10. The first-order valence-corrected chi connectivity index (χ1v) is 6.85. The van der Waals surface area contributed by atoms with E-state index in [0.29, 0.717) is 5.75 Å². The topological polar surface area (TPSA) is 46.0 Å². The van der Waals surface area contributed by atoms with E-state index < -0.39 is 6.10 Å². The average Bonchev–Trinajstić information content (AvgIpc) is 2.38. The Morgan fingerprint density at radius 1 is 1.24 bits per heavy atom. The third-order valence-electron chi connectivity index (χ3n) is 2.20. The summed E-state index contributed by atoms with van der Waals surface area (Å²) in [5.41, 5.74) is 0.743. The molecule has 1 aromatic carbocycles. The summed E-state index contributed by atoms with van der Waals surface area (Å²) in [5, 5.41) is 9.96. The molecule has 0 fully saturated rings. The summed E-state index contributed by atoms with van der Waals surface area (Å²) >= 11 is 5.07. The zero-order valence-electron chi connectivity index (χ0n) is 8.95. The Hall–Kier alpha value is -0.910. The lowest BCUT2D eigenvalue weighted by atomic mass is 10.2. The van der Waals surface area contributed by atoms with Crippen molar-refractivity contribution < 1.29 is 5.11 Å². The van der Waals surface area contributed by atoms with Gasteiger partial charge in [-0.05, 0) is 28.1 Å². The molecule has 88 valence electrons. The maximum Gasteiger partial charge on any atom is 0.115 e. The molecule has 3 nitrogen and oxygen atoms in total. The van der Waals surface area contributed by atoms with Crippen molar-refractivity contribution in [2.24, 2.45) is 0 Å². The van der Waals surface area contributed by atoms with E-state index in [2.05, 4.69) is 25.9 Å². The molecule has 0 saturated heterocycles. The largest absolute Gasteiger partial charge is 0.387 e. The van der Waals surface area contributed by atoms with Crippen molar-refractivity contribution in [3.63, 3.8) is 0 Å². The molecule has 0 aliphatic rings. The average molecular weight is 311 g/mol. The number of thioether (sulfide) groups is 1. The van der Waals surface area contributed by atoms with Gasteiger partial charge in [-0.25, -0.2) is 9.97 Å². The van der Waals surface area contributed by atoms with E-state index >= 15 is 0 Å². The van der Waals surface area contributed by atoms with Crippen molar-refractivity contribution in [2.75, 3.05) is 5.75 Å². The number of benzene rings is 1. The standard InChI is InChI=1S/C12H11BrN2OS/c13-10-3-1-2-4-12(10)17-7-11(16)9-5-14-8-15-6-9/h1-6,8,11,16H,7H2. The van der Waals surface area contributed by atoms with Crippen molar-refractivity contribution in [3.8, 4) is 0 Å². The summed E-state index contributed by atoms with van der Waals surface area (Å²) in [5.74, 6) is 0.579. The lowest BCUT2D eigenvalue weighted by Crippen LogP contribution is -2.01. The number of aromatic nitrogens is 2. The highest BCUT2D eigenvalue weighted by atomic mass is 79.9. The second kappa shape index (κ2) is 6.14. The van der Waals surface area contributed by atoms with E-state index in [1.807, 2.05) is 24.3 Å². The molecular formula is C12H11BrN2OS. The fraction of sp³-hybridized carbons (Fsp3) is 0.167. The van der Waals surface area contributed by atoms with E-state index in [1.165, 1.54) is 6.33 Å². The zero-order valence-corrected chi connectivity index (χ0v) is 11.4. The van der Waals surface area contributed by atoms with Gasteiger partial charge in [0.05, 0.1) is 6.10 Å². The number of rotatable bonds is 4. The summed E-state index contributed by atoms with van der Waals surface area (Å²) in [6.45, 7) is 0. The van der Waals surface area contributed by atoms with Crippen LogP contribution in [-0.2, 0) is 0 Å². The SMILES string of the molecule is OC(CSc1ccccc1Br)c1cncnc1. The molecule has 0 radical (unpaired) electrons. The Bertz CT molecular complexity index is 481. The third-order valence-corrected chi connectivity index (χ3v) is 4.30. The molecule has 0 aliphatic carbocycles. The van der Waals surface area contributed by atoms with Gasteiger partial charge in [0.2, 0.25) is 0 Å². The predicted molar refractivity (Wildman–Crippen MR) is 71.9 cm³/mol. The van der Waals surface area contributed by atoms with Crippen molar-refractivity contribution >= 4 is 27.7 Å². The van der Waals surface area contributed by atoms with Crippen molar-refractivity contribution in [3.05, 3.63) is 53.0 Å². The number of hydrogen-bond donors (Lipinski definition) is 1. The Kier molecular flexibility index (Phi) is 4.53. The van der Waals surface area contributed by atoms with Crippen LogP contribution in [-0.4, -0.2) is 20.8 Å². The second-order valence-electron chi connectivity index (χ2n) is 3.43. The first-order valence-electron chi connectivity index (χ1n) is 5.07. The molecule has 1 atom stereocenters. The molecular weight excluding hydrogens is 300 g/mol. The summed E-state index contributed by atoms with van der Waals surface area (Å²) in [7, 11) is 0. The molecule has 2 rings (SSSR count). The minimum atomic E-state index is -0.548. The van der Waals surface area contributed by atoms with Gasteiger partial charge < -0.3 is 5.11 Å². The predicted octanol–water partition coefficient (Wildman–Crippen LogP) is 3.06. The van der Waals surface area contributed by atoms with Gasteiger partial charge in [-0.3, -0.25) is 0 Å². The van der Waals surface area contributed by atoms with E-state index in [-0.39, 0.29) is 0 Å². The molecule has 0 saturated carbocycles. The van der Waals surface area contributed by atoms with Crippen LogP contribution < -0.4 is 0 Å². The maximum absolute atomic E-state index is 9.96. The normalized spacial score (nSPS) is 12.4. The van der Waals surface area contributed by atoms with Crippen molar-refractivity contribution in [1.82, 2.24) is 9.97 Å². The van der Waals surface area contributed by atoms with Crippen LogP contribution in [0.15, 0.2) is 52.4 Å². The Balaban J connectivity index is 1.97. The number of aliphatic hydroxyl groups excluding tert-OH is 1. The number of aliphatic hydroxyl groups is 1. The smallest absolute Gasteiger partial charge is 0.115 e. The highest BCUT2D eigenvalue weighted by molar-refractivity contribution is 9.10. The molecule has 0 amide bonds. The molecule has 1 aromatic heterocycles. The highest BCUT2D eigenvalue weighted by Gasteiger charge is 2.09. The summed E-state index contributed by atoms with van der Waals surface area (Å²) in [4.78, 5) is 8.89. The molecule has 1 heterocycles. The molecule has 1 unspecified atom stereocenters. The van der Waals surface area contributed by atoms with Crippen molar-refractivity contribution in [2.45, 2.75) is 11.0 Å². The lowest BCUT2D eigenvalue weighted by molar-refractivity contribution is 0.203. The van der Waals surface area contributed by atoms with Gasteiger partial charge in [0.15, 0.2) is 0 Å². The quantitative estimate of drug-likeness (QED) is 0.882. The molecule has 17 heavy (non-hydrogen) atoms. The molecule has 5 heteroatoms. The molecule has 1 N–H and O–H groups in total. The van der Waals surface area contributed by atoms with Gasteiger partial charge in [-0.2, -0.15) is 0 Å². The Labute approximate surface area is 112 Å². The number of nitrogens with zero attached hydrogens (tertiary/aromatic N) is 2. The molecule has 2 aromatic rings. The van der Waals surface area contributed by atoms with E-state index in [4.69, 9.17) is 0 Å². The van der Waals surface area contributed by atoms with Gasteiger partial charge in [0.1, 0.15) is 6.33 Å². The minimum Gasteiger partial charge on any atom is -0.387 e. The van der Waals surface area contributed by atoms with Crippen LogP contribution in [0.3, 0.4) is 0 Å². The van der Waals surface area contributed by atoms with Crippen LogP contribution in [0.5, 0.6) is 0 Å². The van der Waals surface area contributed by atoms with Crippen LogP contribution >= 0.6 is 27.7 Å². The van der Waals surface area contributed by atoms with Gasteiger partial charge in [0, 0.05) is 33.1 Å². The van der Waals surface area contributed by atoms with Crippen LogP contribution in [0.25, 0.3) is 0 Å². The molecule has 0 bridgehead atoms. The van der Waals surface area contributed by atoms with E-state index in [0.717, 1.165) is 14.9 Å². The Morgan fingerprint density at radius 2 is 1.94 bits per heavy atom. The van der Waals surface area contributed by atoms with Gasteiger partial charge in [-0.1, -0.05) is 12.1 Å². The van der Waals surface area contributed by atoms with Crippen LogP contribution in [0.2, 0.25) is 0 Å². The van der Waals surface area contributed by atoms with E-state index in [9.17, 15) is 5.11 Å².